The van der Waals surface area contributed by atoms with Crippen molar-refractivity contribution in [1.82, 2.24) is 10.6 Å². The summed E-state index contributed by atoms with van der Waals surface area (Å²) in [6.07, 6.45) is 0.908. The van der Waals surface area contributed by atoms with Crippen molar-refractivity contribution >= 4 is 5.91 Å². The van der Waals surface area contributed by atoms with Gasteiger partial charge in [-0.05, 0) is 38.0 Å². The predicted octanol–water partition coefficient (Wildman–Crippen LogP) is 2.39. The average Bonchev–Trinajstić information content (AvgIpc) is 2.35. The van der Waals surface area contributed by atoms with Crippen LogP contribution in [0.1, 0.15) is 38.8 Å². The smallest absolute Gasteiger partial charge is 0.234 e. The van der Waals surface area contributed by atoms with Gasteiger partial charge in [0.2, 0.25) is 5.91 Å². The zero-order valence-corrected chi connectivity index (χ0v) is 11.2. The Bertz CT molecular complexity index is 395. The lowest BCUT2D eigenvalue weighted by atomic mass is 10.1. The van der Waals surface area contributed by atoms with Gasteiger partial charge >= 0.3 is 0 Å². The molecule has 1 unspecified atom stereocenters. The Hall–Kier alpha value is -1.42. The van der Waals surface area contributed by atoms with E-state index in [-0.39, 0.29) is 30.4 Å². The number of nitrogens with one attached hydrogen (secondary N) is 2. The maximum atomic E-state index is 13.0. The molecule has 2 atom stereocenters. The number of hydrogen-bond acceptors (Lipinski definition) is 2. The van der Waals surface area contributed by atoms with E-state index < -0.39 is 0 Å². The Morgan fingerprint density at radius 2 is 2.11 bits per heavy atom. The topological polar surface area (TPSA) is 41.1 Å². The molecule has 100 valence electrons. The Morgan fingerprint density at radius 3 is 2.72 bits per heavy atom. The van der Waals surface area contributed by atoms with E-state index >= 15 is 0 Å². The van der Waals surface area contributed by atoms with E-state index in [0.29, 0.717) is 0 Å². The van der Waals surface area contributed by atoms with Gasteiger partial charge in [0.05, 0.1) is 6.54 Å². The third kappa shape index (κ3) is 4.84. The van der Waals surface area contributed by atoms with Crippen molar-refractivity contribution in [2.24, 2.45) is 0 Å². The van der Waals surface area contributed by atoms with Crippen LogP contribution in [-0.4, -0.2) is 18.5 Å². The zero-order chi connectivity index (χ0) is 13.5. The molecule has 0 aliphatic carbocycles. The molecular formula is C14H21FN2O. The largest absolute Gasteiger partial charge is 0.353 e. The third-order valence-corrected chi connectivity index (χ3v) is 2.94. The normalized spacial score (nSPS) is 14.0. The maximum absolute atomic E-state index is 13.0. The Morgan fingerprint density at radius 1 is 1.39 bits per heavy atom. The van der Waals surface area contributed by atoms with Gasteiger partial charge in [-0.1, -0.05) is 19.1 Å². The molecule has 0 radical (unpaired) electrons. The van der Waals surface area contributed by atoms with Gasteiger partial charge in [0.15, 0.2) is 0 Å². The molecule has 0 fully saturated rings. The van der Waals surface area contributed by atoms with E-state index in [0.717, 1.165) is 12.0 Å². The molecule has 1 rings (SSSR count). The first-order chi connectivity index (χ1) is 8.52. The van der Waals surface area contributed by atoms with Gasteiger partial charge in [0.25, 0.3) is 0 Å². The highest BCUT2D eigenvalue weighted by molar-refractivity contribution is 5.78. The van der Waals surface area contributed by atoms with Crippen molar-refractivity contribution in [2.45, 2.75) is 39.3 Å². The molecule has 0 aliphatic heterocycles. The van der Waals surface area contributed by atoms with Gasteiger partial charge in [-0.15, -0.1) is 0 Å². The fraction of sp³-hybridized carbons (Fsp3) is 0.500. The second-order valence-electron chi connectivity index (χ2n) is 4.53. The van der Waals surface area contributed by atoms with Crippen molar-refractivity contribution in [3.8, 4) is 0 Å². The second-order valence-corrected chi connectivity index (χ2v) is 4.53. The van der Waals surface area contributed by atoms with Crippen LogP contribution in [0, 0.1) is 5.82 Å². The van der Waals surface area contributed by atoms with Crippen LogP contribution in [0.5, 0.6) is 0 Å². The highest BCUT2D eigenvalue weighted by Crippen LogP contribution is 2.12. The SMILES string of the molecule is CCC(C)NC(=O)CN[C@@H](C)c1cccc(F)c1. The summed E-state index contributed by atoms with van der Waals surface area (Å²) in [5, 5.41) is 5.95. The fourth-order valence-corrected chi connectivity index (χ4v) is 1.57. The molecule has 4 heteroatoms. The Balaban J connectivity index is 2.41. The van der Waals surface area contributed by atoms with Crippen molar-refractivity contribution in [1.29, 1.82) is 0 Å². The van der Waals surface area contributed by atoms with E-state index in [4.69, 9.17) is 0 Å². The quantitative estimate of drug-likeness (QED) is 0.816. The highest BCUT2D eigenvalue weighted by Gasteiger charge is 2.09. The van der Waals surface area contributed by atoms with Gasteiger partial charge in [0, 0.05) is 12.1 Å². The van der Waals surface area contributed by atoms with E-state index in [1.54, 1.807) is 6.07 Å². The van der Waals surface area contributed by atoms with Gasteiger partial charge in [-0.3, -0.25) is 4.79 Å². The van der Waals surface area contributed by atoms with Gasteiger partial charge in [0.1, 0.15) is 5.82 Å². The van der Waals surface area contributed by atoms with Crippen molar-refractivity contribution in [3.05, 3.63) is 35.6 Å². The summed E-state index contributed by atoms with van der Waals surface area (Å²) in [5.74, 6) is -0.294. The molecule has 18 heavy (non-hydrogen) atoms. The molecule has 1 aromatic carbocycles. The summed E-state index contributed by atoms with van der Waals surface area (Å²) in [6.45, 7) is 6.13. The number of hydrogen-bond donors (Lipinski definition) is 2. The molecular weight excluding hydrogens is 231 g/mol. The van der Waals surface area contributed by atoms with E-state index in [1.807, 2.05) is 26.8 Å². The number of amides is 1. The maximum Gasteiger partial charge on any atom is 0.234 e. The Labute approximate surface area is 108 Å². The number of carbonyl (C=O) groups excluding carboxylic acids is 1. The van der Waals surface area contributed by atoms with Crippen LogP contribution in [-0.2, 0) is 4.79 Å². The molecule has 1 amide bonds. The number of rotatable bonds is 6. The predicted molar refractivity (Wildman–Crippen MR) is 70.7 cm³/mol. The molecule has 3 nitrogen and oxygen atoms in total. The van der Waals surface area contributed by atoms with Gasteiger partial charge in [-0.25, -0.2) is 4.39 Å². The van der Waals surface area contributed by atoms with Crippen LogP contribution in [0.2, 0.25) is 0 Å². The highest BCUT2D eigenvalue weighted by atomic mass is 19.1. The van der Waals surface area contributed by atoms with Crippen LogP contribution in [0.4, 0.5) is 4.39 Å². The minimum Gasteiger partial charge on any atom is -0.353 e. The molecule has 0 bridgehead atoms. The first-order valence-electron chi connectivity index (χ1n) is 6.31. The minimum atomic E-state index is -0.259. The lowest BCUT2D eigenvalue weighted by Gasteiger charge is -2.16. The molecule has 1 aromatic rings. The fourth-order valence-electron chi connectivity index (χ4n) is 1.57. The third-order valence-electron chi connectivity index (χ3n) is 2.94. The second kappa shape index (κ2) is 7.11. The summed E-state index contributed by atoms with van der Waals surface area (Å²) < 4.78 is 13.0. The zero-order valence-electron chi connectivity index (χ0n) is 11.2. The molecule has 0 saturated carbocycles. The van der Waals surface area contributed by atoms with Crippen molar-refractivity contribution in [2.75, 3.05) is 6.54 Å². The van der Waals surface area contributed by atoms with Crippen LogP contribution < -0.4 is 10.6 Å². The molecule has 0 aromatic heterocycles. The molecule has 0 spiro atoms. The molecule has 0 aliphatic rings. The van der Waals surface area contributed by atoms with Gasteiger partial charge < -0.3 is 10.6 Å². The van der Waals surface area contributed by atoms with E-state index in [9.17, 15) is 9.18 Å². The summed E-state index contributed by atoms with van der Waals surface area (Å²) in [4.78, 5) is 11.6. The molecule has 2 N–H and O–H groups in total. The molecule has 0 heterocycles. The standard InChI is InChI=1S/C14H21FN2O/c1-4-10(2)17-14(18)9-16-11(3)12-6-5-7-13(15)8-12/h5-8,10-11,16H,4,9H2,1-3H3,(H,17,18)/t10?,11-/m0/s1. The van der Waals surface area contributed by atoms with Crippen LogP contribution in [0.3, 0.4) is 0 Å². The Kier molecular flexibility index (Phi) is 5.78. The molecule has 0 saturated heterocycles. The number of carbonyl (C=O) groups is 1. The first kappa shape index (κ1) is 14.6. The van der Waals surface area contributed by atoms with Crippen molar-refractivity contribution in [3.63, 3.8) is 0 Å². The number of halogens is 1. The van der Waals surface area contributed by atoms with Crippen molar-refractivity contribution < 1.29 is 9.18 Å². The summed E-state index contributed by atoms with van der Waals surface area (Å²) >= 11 is 0. The summed E-state index contributed by atoms with van der Waals surface area (Å²) in [7, 11) is 0. The first-order valence-corrected chi connectivity index (χ1v) is 6.31. The minimum absolute atomic E-state index is 0.0346. The van der Waals surface area contributed by atoms with E-state index in [1.165, 1.54) is 12.1 Å². The summed E-state index contributed by atoms with van der Waals surface area (Å²) in [6, 6.07) is 6.53. The lowest BCUT2D eigenvalue weighted by Crippen LogP contribution is -2.39. The van der Waals surface area contributed by atoms with Crippen LogP contribution in [0.15, 0.2) is 24.3 Å². The average molecular weight is 252 g/mol. The van der Waals surface area contributed by atoms with E-state index in [2.05, 4.69) is 10.6 Å². The van der Waals surface area contributed by atoms with Gasteiger partial charge in [-0.2, -0.15) is 0 Å². The van der Waals surface area contributed by atoms with Crippen LogP contribution >= 0.6 is 0 Å². The lowest BCUT2D eigenvalue weighted by molar-refractivity contribution is -0.120. The summed E-state index contributed by atoms with van der Waals surface area (Å²) in [5.41, 5.74) is 0.839. The monoisotopic (exact) mass is 252 g/mol. The number of benzene rings is 1. The van der Waals surface area contributed by atoms with Crippen LogP contribution in [0.25, 0.3) is 0 Å².